The van der Waals surface area contributed by atoms with Crippen LogP contribution in [0.15, 0.2) is 65.2 Å². The number of halogens is 3. The molecule has 2 aromatic heterocycles. The molecule has 0 spiro atoms. The van der Waals surface area contributed by atoms with E-state index in [0.29, 0.717) is 16.7 Å². The molecule has 0 saturated heterocycles. The van der Waals surface area contributed by atoms with Crippen LogP contribution in [0.1, 0.15) is 16.8 Å². The quantitative estimate of drug-likeness (QED) is 0.381. The summed E-state index contributed by atoms with van der Waals surface area (Å²) in [5.74, 6) is -0.905. The lowest BCUT2D eigenvalue weighted by Gasteiger charge is -2.11. The number of aryl methyl sites for hydroxylation is 3. The Bertz CT molecular complexity index is 1590. The molecule has 0 aliphatic carbocycles. The molecule has 1 amide bonds. The molecule has 0 unspecified atom stereocenters. The van der Waals surface area contributed by atoms with Crippen molar-refractivity contribution in [2.75, 3.05) is 6.54 Å². The summed E-state index contributed by atoms with van der Waals surface area (Å²) < 4.78 is 42.0. The maximum atomic E-state index is 13.5. The Morgan fingerprint density at radius 1 is 1.19 bits per heavy atom. The van der Waals surface area contributed by atoms with Crippen LogP contribution in [0.25, 0.3) is 27.8 Å². The van der Waals surface area contributed by atoms with Crippen LogP contribution in [0.3, 0.4) is 0 Å². The molecule has 0 radical (unpaired) electrons. The average Bonchev–Trinajstić information content (AvgIpc) is 3.34. The molecule has 37 heavy (non-hydrogen) atoms. The highest BCUT2D eigenvalue weighted by atomic mass is 19.4. The predicted molar refractivity (Wildman–Crippen MR) is 136 cm³/mol. The van der Waals surface area contributed by atoms with Gasteiger partial charge in [-0.3, -0.25) is 23.6 Å². The van der Waals surface area contributed by atoms with E-state index in [4.69, 9.17) is 0 Å². The van der Waals surface area contributed by atoms with Gasteiger partial charge in [-0.2, -0.15) is 18.3 Å². The summed E-state index contributed by atoms with van der Waals surface area (Å²) in [4.78, 5) is 29.9. The van der Waals surface area contributed by atoms with Gasteiger partial charge in [0.2, 0.25) is 5.91 Å². The topological polar surface area (TPSA) is 86.2 Å². The molecule has 0 bridgehead atoms. The zero-order valence-electron chi connectivity index (χ0n) is 20.5. The number of imidazole rings is 1. The van der Waals surface area contributed by atoms with E-state index in [0.717, 1.165) is 27.9 Å². The molecule has 192 valence electrons. The van der Waals surface area contributed by atoms with Crippen molar-refractivity contribution in [3.8, 4) is 16.8 Å². The van der Waals surface area contributed by atoms with Crippen molar-refractivity contribution < 1.29 is 18.0 Å². The third-order valence-corrected chi connectivity index (χ3v) is 5.98. The van der Waals surface area contributed by atoms with Crippen LogP contribution in [-0.4, -0.2) is 43.8 Å². The Kier molecular flexibility index (Phi) is 6.88. The Balaban J connectivity index is 1.80. The van der Waals surface area contributed by atoms with Gasteiger partial charge in [0.1, 0.15) is 13.1 Å². The molecule has 8 nitrogen and oxygen atoms in total. The molecule has 1 N–H and O–H groups in total. The normalized spacial score (nSPS) is 11.9. The summed E-state index contributed by atoms with van der Waals surface area (Å²) in [5, 5.41) is 6.14. The SMILES string of the molecule is C=CN=Cc1c(-c2ccc(-n3c(=O)n(CC(=O)NCC(F)(F)F)c4cccc(C)c43)c(C)c2)cnn1C. The zero-order chi connectivity index (χ0) is 26.9. The number of hydrogen-bond donors (Lipinski definition) is 1. The Labute approximate surface area is 210 Å². The third-order valence-electron chi connectivity index (χ3n) is 5.98. The second-order valence-corrected chi connectivity index (χ2v) is 8.57. The largest absolute Gasteiger partial charge is 0.405 e. The van der Waals surface area contributed by atoms with E-state index in [1.165, 1.54) is 15.3 Å². The molecule has 0 saturated carbocycles. The van der Waals surface area contributed by atoms with Crippen molar-refractivity contribution in [2.24, 2.45) is 12.0 Å². The van der Waals surface area contributed by atoms with Gasteiger partial charge in [0.25, 0.3) is 0 Å². The molecule has 0 fully saturated rings. The van der Waals surface area contributed by atoms with E-state index >= 15 is 0 Å². The summed E-state index contributed by atoms with van der Waals surface area (Å²) in [6.07, 6.45) is 0.263. The van der Waals surface area contributed by atoms with E-state index in [9.17, 15) is 22.8 Å². The summed E-state index contributed by atoms with van der Waals surface area (Å²) >= 11 is 0. The standard InChI is InChI=1S/C26H25F3N6O2/c1-5-30-13-22-19(12-32-33(22)4)18-9-10-20(17(3)11-18)35-24-16(2)7-6-8-21(24)34(25(35)37)14-23(36)31-15-26(27,28)29/h5-13H,1,14-15H2,2-4H3,(H,31,36). The zero-order valence-corrected chi connectivity index (χ0v) is 20.5. The Morgan fingerprint density at radius 2 is 1.95 bits per heavy atom. The summed E-state index contributed by atoms with van der Waals surface area (Å²) in [6.45, 7) is 5.28. The smallest absolute Gasteiger partial charge is 0.345 e. The first-order chi connectivity index (χ1) is 17.5. The number of carbonyl (C=O) groups excluding carboxylic acids is 1. The van der Waals surface area contributed by atoms with Gasteiger partial charge in [-0.05, 0) is 48.7 Å². The van der Waals surface area contributed by atoms with Gasteiger partial charge in [0, 0.05) is 18.8 Å². The fraction of sp³-hybridized carbons (Fsp3) is 0.231. The molecule has 2 heterocycles. The van der Waals surface area contributed by atoms with Crippen LogP contribution in [0.2, 0.25) is 0 Å². The number of benzene rings is 2. The minimum absolute atomic E-state index is 0.450. The highest BCUT2D eigenvalue weighted by Gasteiger charge is 2.28. The Hall–Kier alpha value is -4.41. The highest BCUT2D eigenvalue weighted by Crippen LogP contribution is 2.28. The van der Waals surface area contributed by atoms with Crippen LogP contribution in [-0.2, 0) is 18.4 Å². The molecule has 2 aromatic carbocycles. The Morgan fingerprint density at radius 3 is 2.62 bits per heavy atom. The molecule has 11 heteroatoms. The van der Waals surface area contributed by atoms with Gasteiger partial charge in [0.05, 0.1) is 34.8 Å². The maximum Gasteiger partial charge on any atom is 0.405 e. The number of aliphatic imine (C=N–C) groups is 1. The number of para-hydroxylation sites is 1. The maximum absolute atomic E-state index is 13.5. The van der Waals surface area contributed by atoms with Crippen molar-refractivity contribution in [2.45, 2.75) is 26.6 Å². The van der Waals surface area contributed by atoms with Gasteiger partial charge in [-0.15, -0.1) is 0 Å². The second kappa shape index (κ2) is 9.92. The van der Waals surface area contributed by atoms with E-state index in [1.54, 1.807) is 42.3 Å². The molecular formula is C26H25F3N6O2. The van der Waals surface area contributed by atoms with Crippen molar-refractivity contribution in [3.05, 3.63) is 82.7 Å². The van der Waals surface area contributed by atoms with Crippen LogP contribution < -0.4 is 11.0 Å². The number of carbonyl (C=O) groups is 1. The van der Waals surface area contributed by atoms with E-state index < -0.39 is 30.9 Å². The minimum Gasteiger partial charge on any atom is -0.345 e. The van der Waals surface area contributed by atoms with Crippen LogP contribution in [0.5, 0.6) is 0 Å². The number of nitrogens with one attached hydrogen (secondary N) is 1. The van der Waals surface area contributed by atoms with Gasteiger partial charge in [-0.1, -0.05) is 24.8 Å². The van der Waals surface area contributed by atoms with Gasteiger partial charge in [-0.25, -0.2) is 4.79 Å². The lowest BCUT2D eigenvalue weighted by molar-refractivity contribution is -0.138. The molecule has 0 aliphatic heterocycles. The minimum atomic E-state index is -4.55. The number of fused-ring (bicyclic) bond motifs is 1. The van der Waals surface area contributed by atoms with Crippen LogP contribution >= 0.6 is 0 Å². The van der Waals surface area contributed by atoms with Gasteiger partial charge in [0.15, 0.2) is 0 Å². The second-order valence-electron chi connectivity index (χ2n) is 8.57. The highest BCUT2D eigenvalue weighted by molar-refractivity contribution is 5.89. The van der Waals surface area contributed by atoms with E-state index in [-0.39, 0.29) is 0 Å². The average molecular weight is 511 g/mol. The number of hydrogen-bond acceptors (Lipinski definition) is 4. The molecule has 4 aromatic rings. The van der Waals surface area contributed by atoms with Crippen molar-refractivity contribution in [3.63, 3.8) is 0 Å². The van der Waals surface area contributed by atoms with E-state index in [1.807, 2.05) is 37.4 Å². The number of nitrogens with zero attached hydrogens (tertiary/aromatic N) is 5. The predicted octanol–water partition coefficient (Wildman–Crippen LogP) is 4.05. The van der Waals surface area contributed by atoms with Gasteiger partial charge < -0.3 is 5.32 Å². The number of aromatic nitrogens is 4. The van der Waals surface area contributed by atoms with Crippen molar-refractivity contribution in [1.29, 1.82) is 0 Å². The first-order valence-corrected chi connectivity index (χ1v) is 11.3. The first kappa shape index (κ1) is 25.7. The molecule has 4 rings (SSSR count). The van der Waals surface area contributed by atoms with Crippen molar-refractivity contribution in [1.82, 2.24) is 24.2 Å². The lowest BCUT2D eigenvalue weighted by atomic mass is 10.0. The fourth-order valence-electron chi connectivity index (χ4n) is 4.27. The number of amides is 1. The summed E-state index contributed by atoms with van der Waals surface area (Å²) in [7, 11) is 1.80. The fourth-order valence-corrected chi connectivity index (χ4v) is 4.27. The number of alkyl halides is 3. The van der Waals surface area contributed by atoms with E-state index in [2.05, 4.69) is 16.7 Å². The lowest BCUT2D eigenvalue weighted by Crippen LogP contribution is -2.38. The van der Waals surface area contributed by atoms with Crippen molar-refractivity contribution >= 4 is 23.2 Å². The van der Waals surface area contributed by atoms with Gasteiger partial charge >= 0.3 is 11.9 Å². The molecule has 0 atom stereocenters. The first-order valence-electron chi connectivity index (χ1n) is 11.3. The molecular weight excluding hydrogens is 485 g/mol. The molecule has 0 aliphatic rings. The summed E-state index contributed by atoms with van der Waals surface area (Å²) in [6, 6.07) is 10.8. The van der Waals surface area contributed by atoms with Crippen LogP contribution in [0, 0.1) is 13.8 Å². The monoisotopic (exact) mass is 510 g/mol. The summed E-state index contributed by atoms with van der Waals surface area (Å²) in [5.41, 5.74) is 5.13. The number of rotatable bonds is 7. The van der Waals surface area contributed by atoms with Crippen LogP contribution in [0.4, 0.5) is 13.2 Å². The third kappa shape index (κ3) is 5.11.